The van der Waals surface area contributed by atoms with Crippen LogP contribution in [0.15, 0.2) is 70.8 Å². The van der Waals surface area contributed by atoms with Gasteiger partial charge in [0.05, 0.1) is 5.69 Å². The van der Waals surface area contributed by atoms with Crippen molar-refractivity contribution in [3.63, 3.8) is 0 Å². The fourth-order valence-electron chi connectivity index (χ4n) is 2.34. The summed E-state index contributed by atoms with van der Waals surface area (Å²) in [6, 6.07) is 19.4. The molecule has 0 N–H and O–H groups in total. The minimum absolute atomic E-state index is 0.298. The van der Waals surface area contributed by atoms with Gasteiger partial charge in [0.1, 0.15) is 0 Å². The Bertz CT molecular complexity index is 991. The maximum atomic E-state index is 12.2. The first-order chi connectivity index (χ1) is 10.8. The van der Waals surface area contributed by atoms with Crippen molar-refractivity contribution in [2.24, 2.45) is 0 Å². The van der Waals surface area contributed by atoms with Gasteiger partial charge in [-0.2, -0.15) is 10.1 Å². The number of hydrogen-bond donors (Lipinski definition) is 0. The number of fused-ring (bicyclic) bond motifs is 1. The van der Waals surface area contributed by atoms with E-state index < -0.39 is 0 Å². The smallest absolute Gasteiger partial charge is 0.265 e. The molecule has 0 amide bonds. The first-order valence-electron chi connectivity index (χ1n) is 6.82. The van der Waals surface area contributed by atoms with Gasteiger partial charge in [0.2, 0.25) is 4.96 Å². The van der Waals surface area contributed by atoms with E-state index >= 15 is 0 Å². The maximum absolute atomic E-state index is 12.2. The summed E-state index contributed by atoms with van der Waals surface area (Å²) in [6.45, 7) is 0. The highest BCUT2D eigenvalue weighted by molar-refractivity contribution is 7.15. The molecular weight excluding hydrogens is 294 g/mol. The fraction of sp³-hybridized carbons (Fsp3) is 0. The molecule has 0 atom stereocenters. The number of hydrogen-bond acceptors (Lipinski definition) is 4. The van der Waals surface area contributed by atoms with Crippen LogP contribution in [0.5, 0.6) is 0 Å². The molecule has 2 heterocycles. The Morgan fingerprint density at radius 1 is 0.864 bits per heavy atom. The van der Waals surface area contributed by atoms with Gasteiger partial charge in [0, 0.05) is 16.5 Å². The lowest BCUT2D eigenvalue weighted by molar-refractivity contribution is 0.914. The third-order valence-corrected chi connectivity index (χ3v) is 4.22. The van der Waals surface area contributed by atoms with E-state index in [1.807, 2.05) is 66.0 Å². The quantitative estimate of drug-likeness (QED) is 0.569. The first-order valence-corrected chi connectivity index (χ1v) is 7.70. The van der Waals surface area contributed by atoms with Gasteiger partial charge in [-0.3, -0.25) is 4.79 Å². The van der Waals surface area contributed by atoms with Crippen molar-refractivity contribution >= 4 is 16.3 Å². The monoisotopic (exact) mass is 305 g/mol. The molecule has 0 aliphatic heterocycles. The molecule has 0 unspecified atom stereocenters. The second-order valence-corrected chi connectivity index (χ2v) is 5.65. The van der Waals surface area contributed by atoms with Gasteiger partial charge in [-0.1, -0.05) is 60.7 Å². The predicted octanol–water partition coefficient (Wildman–Crippen LogP) is 3.49. The van der Waals surface area contributed by atoms with E-state index in [9.17, 15) is 4.79 Å². The van der Waals surface area contributed by atoms with Gasteiger partial charge in [0.15, 0.2) is 5.69 Å². The summed E-state index contributed by atoms with van der Waals surface area (Å²) < 4.78 is 1.74. The molecule has 0 aliphatic carbocycles. The Morgan fingerprint density at radius 3 is 2.18 bits per heavy atom. The minimum Gasteiger partial charge on any atom is -0.265 e. The standard InChI is InChI=1S/C17H11N3OS/c21-16-15(13-9-5-2-6-10-13)19-20-14(11-22-17(20)18-16)12-7-3-1-4-8-12/h1-11H. The Labute approximate surface area is 130 Å². The third-order valence-electron chi connectivity index (χ3n) is 3.40. The first kappa shape index (κ1) is 12.9. The highest BCUT2D eigenvalue weighted by Crippen LogP contribution is 2.24. The van der Waals surface area contributed by atoms with Crippen molar-refractivity contribution in [1.29, 1.82) is 0 Å². The third kappa shape index (κ3) is 2.12. The normalized spacial score (nSPS) is 10.9. The summed E-state index contributed by atoms with van der Waals surface area (Å²) in [5.41, 5.74) is 2.83. The van der Waals surface area contributed by atoms with E-state index in [0.29, 0.717) is 10.7 Å². The van der Waals surface area contributed by atoms with Gasteiger partial charge >= 0.3 is 5.56 Å². The Hall–Kier alpha value is -2.79. The van der Waals surface area contributed by atoms with Crippen molar-refractivity contribution < 1.29 is 0 Å². The van der Waals surface area contributed by atoms with E-state index in [0.717, 1.165) is 16.8 Å². The molecular formula is C17H11N3OS. The summed E-state index contributed by atoms with van der Waals surface area (Å²) in [7, 11) is 0. The summed E-state index contributed by atoms with van der Waals surface area (Å²) in [5.74, 6) is 0. The predicted molar refractivity (Wildman–Crippen MR) is 88.0 cm³/mol. The molecule has 2 aromatic carbocycles. The molecule has 22 heavy (non-hydrogen) atoms. The van der Waals surface area contributed by atoms with Crippen LogP contribution in [0.3, 0.4) is 0 Å². The topological polar surface area (TPSA) is 47.3 Å². The van der Waals surface area contributed by atoms with Crippen LogP contribution < -0.4 is 5.56 Å². The summed E-state index contributed by atoms with van der Waals surface area (Å²) in [6.07, 6.45) is 0. The van der Waals surface area contributed by atoms with Gasteiger partial charge < -0.3 is 0 Å². The largest absolute Gasteiger partial charge is 0.300 e. The lowest BCUT2D eigenvalue weighted by atomic mass is 10.2. The number of nitrogens with zero attached hydrogens (tertiary/aromatic N) is 3. The molecule has 106 valence electrons. The van der Waals surface area contributed by atoms with Crippen LogP contribution in [-0.4, -0.2) is 14.6 Å². The van der Waals surface area contributed by atoms with Crippen molar-refractivity contribution in [2.45, 2.75) is 0 Å². The Morgan fingerprint density at radius 2 is 1.50 bits per heavy atom. The van der Waals surface area contributed by atoms with E-state index in [1.54, 1.807) is 4.52 Å². The second kappa shape index (κ2) is 5.20. The van der Waals surface area contributed by atoms with Crippen LogP contribution in [0, 0.1) is 0 Å². The van der Waals surface area contributed by atoms with E-state index in [2.05, 4.69) is 10.1 Å². The summed E-state index contributed by atoms with van der Waals surface area (Å²) >= 11 is 1.42. The average Bonchev–Trinajstić information content (AvgIpc) is 2.98. The van der Waals surface area contributed by atoms with Gasteiger partial charge in [-0.05, 0) is 0 Å². The zero-order valence-electron chi connectivity index (χ0n) is 11.5. The molecule has 4 aromatic rings. The summed E-state index contributed by atoms with van der Waals surface area (Å²) in [4.78, 5) is 17.0. The Kier molecular flexibility index (Phi) is 3.05. The van der Waals surface area contributed by atoms with Crippen LogP contribution >= 0.6 is 11.3 Å². The molecule has 4 rings (SSSR count). The second-order valence-electron chi connectivity index (χ2n) is 4.81. The van der Waals surface area contributed by atoms with Crippen LogP contribution in [0.2, 0.25) is 0 Å². The van der Waals surface area contributed by atoms with Gasteiger partial charge in [-0.25, -0.2) is 4.52 Å². The minimum atomic E-state index is -0.298. The fourth-order valence-corrected chi connectivity index (χ4v) is 3.17. The highest BCUT2D eigenvalue weighted by atomic mass is 32.1. The molecule has 0 aliphatic rings. The van der Waals surface area contributed by atoms with E-state index in [1.165, 1.54) is 11.3 Å². The van der Waals surface area contributed by atoms with Crippen molar-refractivity contribution in [3.05, 3.63) is 76.4 Å². The zero-order valence-corrected chi connectivity index (χ0v) is 12.3. The number of thiazole rings is 1. The lowest BCUT2D eigenvalue weighted by Gasteiger charge is -2.03. The van der Waals surface area contributed by atoms with Gasteiger partial charge in [-0.15, -0.1) is 11.3 Å². The van der Waals surface area contributed by atoms with E-state index in [-0.39, 0.29) is 5.56 Å². The van der Waals surface area contributed by atoms with Crippen molar-refractivity contribution in [1.82, 2.24) is 14.6 Å². The van der Waals surface area contributed by atoms with Crippen LogP contribution in [0.25, 0.3) is 27.5 Å². The van der Waals surface area contributed by atoms with Gasteiger partial charge in [0.25, 0.3) is 0 Å². The number of rotatable bonds is 2. The molecule has 0 saturated heterocycles. The molecule has 0 spiro atoms. The van der Waals surface area contributed by atoms with Crippen LogP contribution in [-0.2, 0) is 0 Å². The molecule has 2 aromatic heterocycles. The van der Waals surface area contributed by atoms with Crippen molar-refractivity contribution in [3.8, 4) is 22.5 Å². The zero-order chi connectivity index (χ0) is 14.9. The van der Waals surface area contributed by atoms with Crippen molar-refractivity contribution in [2.75, 3.05) is 0 Å². The molecule has 0 fully saturated rings. The van der Waals surface area contributed by atoms with E-state index in [4.69, 9.17) is 0 Å². The molecule has 5 heteroatoms. The lowest BCUT2D eigenvalue weighted by Crippen LogP contribution is -2.14. The molecule has 0 bridgehead atoms. The number of aromatic nitrogens is 3. The Balaban J connectivity index is 1.98. The average molecular weight is 305 g/mol. The molecule has 0 saturated carbocycles. The number of benzene rings is 2. The highest BCUT2D eigenvalue weighted by Gasteiger charge is 2.12. The molecule has 4 nitrogen and oxygen atoms in total. The van der Waals surface area contributed by atoms with Crippen LogP contribution in [0.4, 0.5) is 0 Å². The summed E-state index contributed by atoms with van der Waals surface area (Å²) in [5, 5.41) is 6.50. The SMILES string of the molecule is O=c1nc2scc(-c3ccccc3)n2nc1-c1ccccc1. The van der Waals surface area contributed by atoms with Crippen LogP contribution in [0.1, 0.15) is 0 Å². The molecule has 0 radical (unpaired) electrons. The maximum Gasteiger partial charge on any atom is 0.300 e.